The van der Waals surface area contributed by atoms with Gasteiger partial charge in [-0.05, 0) is 45.0 Å². The van der Waals surface area contributed by atoms with Gasteiger partial charge in [0, 0.05) is 16.1 Å². The number of hydrogen-bond acceptors (Lipinski definition) is 1. The largest absolute Gasteiger partial charge is 0.117 e. The Labute approximate surface area is 159 Å². The van der Waals surface area contributed by atoms with E-state index in [4.69, 9.17) is 0 Å². The minimum absolute atomic E-state index is 0.475. The highest BCUT2D eigenvalue weighted by atomic mass is 32.2. The van der Waals surface area contributed by atoms with Crippen LogP contribution in [0.4, 0.5) is 0 Å². The molecule has 0 amide bonds. The van der Waals surface area contributed by atoms with Gasteiger partial charge in [-0.2, -0.15) is 0 Å². The molecule has 128 valence electrons. The molecule has 0 bridgehead atoms. The average Bonchev–Trinajstić information content (AvgIpc) is 3.06. The summed E-state index contributed by atoms with van der Waals surface area (Å²) < 4.78 is 0. The van der Waals surface area contributed by atoms with Crippen molar-refractivity contribution in [2.75, 3.05) is 0 Å². The first kappa shape index (κ1) is 16.0. The second-order valence-electron chi connectivity index (χ2n) is 7.55. The highest BCUT2D eigenvalue weighted by Gasteiger charge is 2.36. The van der Waals surface area contributed by atoms with Gasteiger partial charge < -0.3 is 0 Å². The molecule has 2 unspecified atom stereocenters. The van der Waals surface area contributed by atoms with E-state index in [1.807, 2.05) is 11.8 Å². The van der Waals surface area contributed by atoms with Crippen LogP contribution < -0.4 is 0 Å². The lowest BCUT2D eigenvalue weighted by molar-refractivity contribution is 0.865. The van der Waals surface area contributed by atoms with Crippen LogP contribution in [-0.2, 0) is 0 Å². The van der Waals surface area contributed by atoms with E-state index >= 15 is 0 Å². The second-order valence-corrected chi connectivity index (χ2v) is 8.74. The van der Waals surface area contributed by atoms with E-state index in [0.29, 0.717) is 17.1 Å². The lowest BCUT2D eigenvalue weighted by Gasteiger charge is -2.25. The molecule has 2 atom stereocenters. The van der Waals surface area contributed by atoms with Crippen molar-refractivity contribution in [3.63, 3.8) is 0 Å². The zero-order chi connectivity index (χ0) is 17.7. The van der Waals surface area contributed by atoms with Gasteiger partial charge in [-0.3, -0.25) is 0 Å². The Balaban J connectivity index is 1.69. The highest BCUT2D eigenvalue weighted by Crippen LogP contribution is 2.53. The molecule has 2 aliphatic rings. The lowest BCUT2D eigenvalue weighted by atomic mass is 9.83. The number of hydrogen-bond donors (Lipinski definition) is 0. The van der Waals surface area contributed by atoms with Gasteiger partial charge in [0.1, 0.15) is 0 Å². The molecule has 26 heavy (non-hydrogen) atoms. The Hall–Kier alpha value is -2.25. The number of fused-ring (bicyclic) bond motifs is 4. The van der Waals surface area contributed by atoms with Crippen molar-refractivity contribution in [2.24, 2.45) is 0 Å². The van der Waals surface area contributed by atoms with E-state index in [1.165, 1.54) is 37.9 Å². The van der Waals surface area contributed by atoms with E-state index < -0.39 is 0 Å². The smallest absolute Gasteiger partial charge is 0.0454 e. The monoisotopic (exact) mass is 354 g/mol. The summed E-state index contributed by atoms with van der Waals surface area (Å²) in [6.07, 6.45) is 6.98. The Bertz CT molecular complexity index is 1050. The number of thioether (sulfide) groups is 1. The molecule has 3 aromatic rings. The quantitative estimate of drug-likeness (QED) is 0.470. The molecule has 0 saturated carbocycles. The fourth-order valence-corrected chi connectivity index (χ4v) is 5.71. The Morgan fingerprint density at radius 3 is 2.62 bits per heavy atom. The SMILES string of the molecule is CC(C)c1cc(C2=CC=CC3c4ccccc4SC23)c2ccccc2c1. The maximum Gasteiger partial charge on any atom is 0.0454 e. The zero-order valence-corrected chi connectivity index (χ0v) is 16.0. The van der Waals surface area contributed by atoms with Crippen LogP contribution in [0.3, 0.4) is 0 Å². The average molecular weight is 355 g/mol. The van der Waals surface area contributed by atoms with Crippen molar-refractivity contribution in [1.82, 2.24) is 0 Å². The van der Waals surface area contributed by atoms with Gasteiger partial charge in [-0.25, -0.2) is 0 Å². The summed E-state index contributed by atoms with van der Waals surface area (Å²) >= 11 is 2.03. The van der Waals surface area contributed by atoms with Crippen molar-refractivity contribution in [2.45, 2.75) is 35.8 Å². The first-order valence-electron chi connectivity index (χ1n) is 9.39. The van der Waals surface area contributed by atoms with Gasteiger partial charge in [0.25, 0.3) is 0 Å². The predicted molar refractivity (Wildman–Crippen MR) is 114 cm³/mol. The minimum atomic E-state index is 0.475. The predicted octanol–water partition coefficient (Wildman–Crippen LogP) is 7.17. The van der Waals surface area contributed by atoms with Crippen molar-refractivity contribution < 1.29 is 0 Å². The molecule has 3 aromatic carbocycles. The van der Waals surface area contributed by atoms with Crippen molar-refractivity contribution in [3.8, 4) is 0 Å². The summed E-state index contributed by atoms with van der Waals surface area (Å²) in [5.41, 5.74) is 5.78. The molecule has 0 N–H and O–H groups in total. The molecule has 0 nitrogen and oxygen atoms in total. The standard InChI is InChI=1S/C25H22S/c1-16(2)18-14-17-8-3-4-9-19(17)23(15-18)22-12-7-11-21-20-10-5-6-13-24(20)26-25(21)22/h3-16,21,25H,1-2H3. The van der Waals surface area contributed by atoms with Crippen LogP contribution in [0.15, 0.2) is 83.8 Å². The van der Waals surface area contributed by atoms with Gasteiger partial charge in [0.15, 0.2) is 0 Å². The molecule has 0 spiro atoms. The molecule has 0 radical (unpaired) electrons. The van der Waals surface area contributed by atoms with Gasteiger partial charge in [0.05, 0.1) is 0 Å². The molecule has 0 saturated heterocycles. The topological polar surface area (TPSA) is 0 Å². The normalized spacial score (nSPS) is 21.0. The molecular weight excluding hydrogens is 332 g/mol. The summed E-state index contributed by atoms with van der Waals surface area (Å²) in [6, 6.07) is 22.5. The molecular formula is C25H22S. The first-order valence-corrected chi connectivity index (χ1v) is 10.3. The lowest BCUT2D eigenvalue weighted by Crippen LogP contribution is -2.13. The van der Waals surface area contributed by atoms with Crippen LogP contribution in [0, 0.1) is 0 Å². The van der Waals surface area contributed by atoms with E-state index in [1.54, 1.807) is 0 Å². The maximum absolute atomic E-state index is 2.43. The highest BCUT2D eigenvalue weighted by molar-refractivity contribution is 8.00. The Morgan fingerprint density at radius 2 is 1.73 bits per heavy atom. The fraction of sp³-hybridized carbons (Fsp3) is 0.200. The van der Waals surface area contributed by atoms with Crippen molar-refractivity contribution >= 4 is 28.1 Å². The number of rotatable bonds is 2. The molecule has 1 aliphatic carbocycles. The summed E-state index contributed by atoms with van der Waals surface area (Å²) in [5, 5.41) is 3.19. The summed E-state index contributed by atoms with van der Waals surface area (Å²) in [7, 11) is 0. The van der Waals surface area contributed by atoms with E-state index in [9.17, 15) is 0 Å². The van der Waals surface area contributed by atoms with E-state index in [2.05, 4.69) is 92.7 Å². The molecule has 0 fully saturated rings. The molecule has 1 heteroatoms. The van der Waals surface area contributed by atoms with Gasteiger partial charge in [-0.15, -0.1) is 11.8 Å². The molecule has 0 aromatic heterocycles. The maximum atomic E-state index is 2.43. The van der Waals surface area contributed by atoms with Crippen LogP contribution in [0.25, 0.3) is 16.3 Å². The Kier molecular flexibility index (Phi) is 3.79. The fourth-order valence-electron chi connectivity index (χ4n) is 4.22. The summed E-state index contributed by atoms with van der Waals surface area (Å²) in [4.78, 5) is 1.43. The second kappa shape index (κ2) is 6.17. The third-order valence-corrected chi connectivity index (χ3v) is 7.05. The van der Waals surface area contributed by atoms with Crippen LogP contribution >= 0.6 is 11.8 Å². The molecule has 5 rings (SSSR count). The summed E-state index contributed by atoms with van der Waals surface area (Å²) in [6.45, 7) is 4.57. The van der Waals surface area contributed by atoms with Crippen LogP contribution in [0.5, 0.6) is 0 Å². The Morgan fingerprint density at radius 1 is 0.923 bits per heavy atom. The molecule has 1 aliphatic heterocycles. The van der Waals surface area contributed by atoms with Crippen molar-refractivity contribution in [3.05, 3.63) is 95.6 Å². The van der Waals surface area contributed by atoms with Crippen LogP contribution in [0.1, 0.15) is 42.4 Å². The van der Waals surface area contributed by atoms with Crippen LogP contribution in [0.2, 0.25) is 0 Å². The zero-order valence-electron chi connectivity index (χ0n) is 15.1. The van der Waals surface area contributed by atoms with Crippen LogP contribution in [-0.4, -0.2) is 5.25 Å². The third-order valence-electron chi connectivity index (χ3n) is 5.62. The third kappa shape index (κ3) is 2.46. The van der Waals surface area contributed by atoms with Gasteiger partial charge in [0.2, 0.25) is 0 Å². The number of benzene rings is 3. The van der Waals surface area contributed by atoms with Crippen molar-refractivity contribution in [1.29, 1.82) is 0 Å². The minimum Gasteiger partial charge on any atom is -0.117 e. The van der Waals surface area contributed by atoms with E-state index in [-0.39, 0.29) is 0 Å². The molecule has 1 heterocycles. The summed E-state index contributed by atoms with van der Waals surface area (Å²) in [5.74, 6) is 1.01. The van der Waals surface area contributed by atoms with Gasteiger partial charge in [-0.1, -0.05) is 86.7 Å². The number of allylic oxidation sites excluding steroid dienone is 3. The first-order chi connectivity index (χ1) is 12.7. The van der Waals surface area contributed by atoms with Gasteiger partial charge >= 0.3 is 0 Å². The van der Waals surface area contributed by atoms with E-state index in [0.717, 1.165) is 0 Å².